The minimum Gasteiger partial charge on any atom is -0.481 e. The summed E-state index contributed by atoms with van der Waals surface area (Å²) < 4.78 is 0. The van der Waals surface area contributed by atoms with Crippen molar-refractivity contribution in [3.63, 3.8) is 0 Å². The molecule has 2 N–H and O–H groups in total. The second-order valence-corrected chi connectivity index (χ2v) is 5.65. The summed E-state index contributed by atoms with van der Waals surface area (Å²) in [4.78, 5) is 24.5. The first-order valence-electron chi connectivity index (χ1n) is 6.81. The summed E-state index contributed by atoms with van der Waals surface area (Å²) >= 11 is 6.07. The van der Waals surface area contributed by atoms with Crippen LogP contribution in [-0.4, -0.2) is 41.0 Å². The van der Waals surface area contributed by atoms with Gasteiger partial charge in [-0.25, -0.2) is 0 Å². The van der Waals surface area contributed by atoms with E-state index < -0.39 is 5.97 Å². The third-order valence-electron chi connectivity index (χ3n) is 3.09. The van der Waals surface area contributed by atoms with Crippen molar-refractivity contribution in [2.45, 2.75) is 33.2 Å². The number of hydrogen-bond acceptors (Lipinski definition) is 3. The van der Waals surface area contributed by atoms with Gasteiger partial charge in [0.05, 0.1) is 23.7 Å². The number of carbonyl (C=O) groups is 2. The van der Waals surface area contributed by atoms with Gasteiger partial charge in [0.2, 0.25) is 5.91 Å². The number of anilines is 1. The van der Waals surface area contributed by atoms with Crippen LogP contribution in [0.2, 0.25) is 5.02 Å². The number of aliphatic carboxylic acids is 1. The first-order valence-corrected chi connectivity index (χ1v) is 7.19. The van der Waals surface area contributed by atoms with Crippen molar-refractivity contribution >= 4 is 29.2 Å². The summed E-state index contributed by atoms with van der Waals surface area (Å²) in [5.41, 5.74) is 1.58. The highest BCUT2D eigenvalue weighted by Gasteiger charge is 2.16. The van der Waals surface area contributed by atoms with Crippen LogP contribution >= 0.6 is 11.6 Å². The number of rotatable bonds is 7. The van der Waals surface area contributed by atoms with Crippen molar-refractivity contribution in [3.8, 4) is 0 Å². The van der Waals surface area contributed by atoms with E-state index in [-0.39, 0.29) is 24.9 Å². The number of amides is 1. The molecule has 0 heterocycles. The normalized spacial score (nSPS) is 11.0. The molecule has 5 nitrogen and oxygen atoms in total. The fourth-order valence-electron chi connectivity index (χ4n) is 1.85. The summed E-state index contributed by atoms with van der Waals surface area (Å²) in [6.45, 7) is 6.24. The fraction of sp³-hybridized carbons (Fsp3) is 0.467. The van der Waals surface area contributed by atoms with Gasteiger partial charge in [0.25, 0.3) is 0 Å². The molecule has 0 aliphatic rings. The predicted octanol–water partition coefficient (Wildman–Crippen LogP) is 2.77. The average molecular weight is 313 g/mol. The van der Waals surface area contributed by atoms with E-state index in [1.54, 1.807) is 12.1 Å². The number of carboxylic acids is 1. The number of nitrogens with one attached hydrogen (secondary N) is 1. The number of carboxylic acid groups (broad SMARTS) is 1. The van der Waals surface area contributed by atoms with Crippen LogP contribution < -0.4 is 5.32 Å². The van der Waals surface area contributed by atoms with Crippen molar-refractivity contribution in [2.24, 2.45) is 0 Å². The van der Waals surface area contributed by atoms with E-state index in [9.17, 15) is 9.59 Å². The van der Waals surface area contributed by atoms with Gasteiger partial charge in [-0.3, -0.25) is 14.5 Å². The van der Waals surface area contributed by atoms with Gasteiger partial charge in [0.1, 0.15) is 0 Å². The molecule has 0 aliphatic carbocycles. The second-order valence-electron chi connectivity index (χ2n) is 5.24. The Morgan fingerprint density at radius 3 is 2.57 bits per heavy atom. The SMILES string of the molecule is Cc1ccc(NC(=O)CN(CCC(=O)O)C(C)C)c(Cl)c1. The number of carbonyl (C=O) groups excluding carboxylic acids is 1. The molecule has 0 atom stereocenters. The Morgan fingerprint density at radius 2 is 2.05 bits per heavy atom. The van der Waals surface area contributed by atoms with Crippen molar-refractivity contribution in [1.29, 1.82) is 0 Å². The van der Waals surface area contributed by atoms with Crippen molar-refractivity contribution < 1.29 is 14.7 Å². The topological polar surface area (TPSA) is 69.6 Å². The molecule has 0 aliphatic heterocycles. The monoisotopic (exact) mass is 312 g/mol. The van der Waals surface area contributed by atoms with Crippen molar-refractivity contribution in [2.75, 3.05) is 18.4 Å². The molecule has 0 bridgehead atoms. The van der Waals surface area contributed by atoms with Gasteiger partial charge in [0, 0.05) is 12.6 Å². The van der Waals surface area contributed by atoms with E-state index in [1.807, 2.05) is 31.7 Å². The first kappa shape index (κ1) is 17.5. The zero-order valence-electron chi connectivity index (χ0n) is 12.5. The molecule has 21 heavy (non-hydrogen) atoms. The highest BCUT2D eigenvalue weighted by atomic mass is 35.5. The van der Waals surface area contributed by atoms with Crippen LogP contribution in [0.3, 0.4) is 0 Å². The third kappa shape index (κ3) is 6.14. The fourth-order valence-corrected chi connectivity index (χ4v) is 2.14. The second kappa shape index (κ2) is 8.00. The van der Waals surface area contributed by atoms with E-state index in [2.05, 4.69) is 5.32 Å². The molecule has 0 saturated heterocycles. The maximum atomic E-state index is 12.1. The summed E-state index contributed by atoms with van der Waals surface area (Å²) in [7, 11) is 0. The lowest BCUT2D eigenvalue weighted by molar-refractivity contribution is -0.137. The van der Waals surface area contributed by atoms with Crippen LogP contribution in [0.15, 0.2) is 18.2 Å². The van der Waals surface area contributed by atoms with Crippen LogP contribution in [0.4, 0.5) is 5.69 Å². The summed E-state index contributed by atoms with van der Waals surface area (Å²) in [5.74, 6) is -1.08. The quantitative estimate of drug-likeness (QED) is 0.812. The Bertz CT molecular complexity index is 518. The number of aryl methyl sites for hydroxylation is 1. The van der Waals surface area contributed by atoms with Crippen molar-refractivity contribution in [3.05, 3.63) is 28.8 Å². The van der Waals surface area contributed by atoms with Crippen LogP contribution in [-0.2, 0) is 9.59 Å². The molecular weight excluding hydrogens is 292 g/mol. The summed E-state index contributed by atoms with van der Waals surface area (Å²) in [5, 5.41) is 12.0. The lowest BCUT2D eigenvalue weighted by Crippen LogP contribution is -2.39. The van der Waals surface area contributed by atoms with Gasteiger partial charge >= 0.3 is 5.97 Å². The molecule has 0 saturated carbocycles. The van der Waals surface area contributed by atoms with Gasteiger partial charge in [-0.1, -0.05) is 17.7 Å². The number of nitrogens with zero attached hydrogens (tertiary/aromatic N) is 1. The van der Waals surface area contributed by atoms with Crippen LogP contribution in [0.25, 0.3) is 0 Å². The molecule has 0 fully saturated rings. The zero-order chi connectivity index (χ0) is 16.0. The highest BCUT2D eigenvalue weighted by molar-refractivity contribution is 6.33. The van der Waals surface area contributed by atoms with Crippen molar-refractivity contribution in [1.82, 2.24) is 4.90 Å². The number of halogens is 1. The third-order valence-corrected chi connectivity index (χ3v) is 3.40. The van der Waals surface area contributed by atoms with Crippen LogP contribution in [0.5, 0.6) is 0 Å². The zero-order valence-corrected chi connectivity index (χ0v) is 13.3. The summed E-state index contributed by atoms with van der Waals surface area (Å²) in [6, 6.07) is 5.49. The lowest BCUT2D eigenvalue weighted by Gasteiger charge is -2.25. The molecule has 0 radical (unpaired) electrons. The highest BCUT2D eigenvalue weighted by Crippen LogP contribution is 2.22. The van der Waals surface area contributed by atoms with Gasteiger partial charge in [-0.2, -0.15) is 0 Å². The van der Waals surface area contributed by atoms with Gasteiger partial charge in [-0.05, 0) is 38.5 Å². The molecule has 116 valence electrons. The molecule has 1 rings (SSSR count). The molecular formula is C15H21ClN2O3. The maximum Gasteiger partial charge on any atom is 0.304 e. The Balaban J connectivity index is 2.63. The van der Waals surface area contributed by atoms with Crippen LogP contribution in [0.1, 0.15) is 25.8 Å². The number of benzene rings is 1. The Morgan fingerprint density at radius 1 is 1.38 bits per heavy atom. The minimum atomic E-state index is -0.873. The standard InChI is InChI=1S/C15H21ClN2O3/c1-10(2)18(7-6-15(20)21)9-14(19)17-13-5-4-11(3)8-12(13)16/h4-5,8,10H,6-7,9H2,1-3H3,(H,17,19)(H,20,21). The van der Waals surface area contributed by atoms with E-state index in [1.165, 1.54) is 0 Å². The Kier molecular flexibility index (Phi) is 6.65. The molecule has 6 heteroatoms. The van der Waals surface area contributed by atoms with E-state index in [0.29, 0.717) is 17.3 Å². The molecule has 1 aromatic carbocycles. The van der Waals surface area contributed by atoms with Gasteiger partial charge < -0.3 is 10.4 Å². The van der Waals surface area contributed by atoms with E-state index in [4.69, 9.17) is 16.7 Å². The summed E-state index contributed by atoms with van der Waals surface area (Å²) in [6.07, 6.45) is 0.0107. The smallest absolute Gasteiger partial charge is 0.304 e. The Labute approximate surface area is 129 Å². The minimum absolute atomic E-state index is 0.0107. The Hall–Kier alpha value is -1.59. The largest absolute Gasteiger partial charge is 0.481 e. The van der Waals surface area contributed by atoms with Gasteiger partial charge in [0.15, 0.2) is 0 Å². The van der Waals surface area contributed by atoms with Crippen LogP contribution in [0, 0.1) is 6.92 Å². The number of hydrogen-bond donors (Lipinski definition) is 2. The maximum absolute atomic E-state index is 12.1. The lowest BCUT2D eigenvalue weighted by atomic mass is 10.2. The molecule has 1 amide bonds. The molecule has 0 aromatic heterocycles. The molecule has 0 spiro atoms. The van der Waals surface area contributed by atoms with E-state index >= 15 is 0 Å². The molecule has 0 unspecified atom stereocenters. The van der Waals surface area contributed by atoms with E-state index in [0.717, 1.165) is 5.56 Å². The average Bonchev–Trinajstić information content (AvgIpc) is 2.37. The molecule has 1 aromatic rings. The predicted molar refractivity (Wildman–Crippen MR) is 83.8 cm³/mol. The first-order chi connectivity index (χ1) is 9.79. The van der Waals surface area contributed by atoms with Gasteiger partial charge in [-0.15, -0.1) is 0 Å².